The molecule has 0 saturated carbocycles. The van der Waals surface area contributed by atoms with Crippen molar-refractivity contribution < 1.29 is 48.1 Å². The predicted octanol–water partition coefficient (Wildman–Crippen LogP) is 2.85. The molecule has 5 atom stereocenters. The maximum absolute atomic E-state index is 10.8. The first-order valence-electron chi connectivity index (χ1n) is 14.9. The van der Waals surface area contributed by atoms with Gasteiger partial charge in [0.2, 0.25) is 0 Å². The Morgan fingerprint density at radius 2 is 1.05 bits per heavy atom. The van der Waals surface area contributed by atoms with Gasteiger partial charge < -0.3 is 48.1 Å². The van der Waals surface area contributed by atoms with E-state index in [0.717, 1.165) is 12.8 Å². The zero-order valence-electron chi connectivity index (χ0n) is 23.6. The Hall–Kier alpha value is -0.400. The van der Waals surface area contributed by atoms with Gasteiger partial charge in [-0.2, -0.15) is 0 Å². The van der Waals surface area contributed by atoms with Crippen molar-refractivity contribution in [2.75, 3.05) is 79.3 Å². The third kappa shape index (κ3) is 14.8. The van der Waals surface area contributed by atoms with E-state index in [2.05, 4.69) is 6.92 Å². The molecular formula is C28H54O10. The molecule has 0 aliphatic carbocycles. The third-order valence-corrected chi connectivity index (χ3v) is 6.77. The fraction of sp³-hybridized carbons (Fsp3) is 1.00. The summed E-state index contributed by atoms with van der Waals surface area (Å²) in [7, 11) is 0. The minimum Gasteiger partial charge on any atom is -0.394 e. The van der Waals surface area contributed by atoms with E-state index in [0.29, 0.717) is 59.5 Å². The van der Waals surface area contributed by atoms with Gasteiger partial charge in [-0.15, -0.1) is 0 Å². The summed E-state index contributed by atoms with van der Waals surface area (Å²) in [5, 5.41) is 20.7. The van der Waals surface area contributed by atoms with Crippen LogP contribution < -0.4 is 0 Å². The number of aliphatic hydroxyl groups excluding tert-OH is 2. The number of rotatable bonds is 13. The maximum atomic E-state index is 10.8. The van der Waals surface area contributed by atoms with Crippen LogP contribution in [0.3, 0.4) is 0 Å². The molecule has 0 unspecified atom stereocenters. The number of hydrogen-bond acceptors (Lipinski definition) is 10. The van der Waals surface area contributed by atoms with Crippen LogP contribution in [0.15, 0.2) is 0 Å². The molecule has 2 saturated heterocycles. The lowest BCUT2D eigenvalue weighted by atomic mass is 9.98. The van der Waals surface area contributed by atoms with Crippen molar-refractivity contribution in [3.63, 3.8) is 0 Å². The van der Waals surface area contributed by atoms with Gasteiger partial charge in [0.15, 0.2) is 6.29 Å². The van der Waals surface area contributed by atoms with Crippen molar-refractivity contribution in [2.24, 2.45) is 0 Å². The summed E-state index contributed by atoms with van der Waals surface area (Å²) < 4.78 is 46.2. The molecule has 2 aliphatic heterocycles. The lowest BCUT2D eigenvalue weighted by Crippen LogP contribution is -2.61. The molecule has 0 spiro atoms. The molecular weight excluding hydrogens is 496 g/mol. The van der Waals surface area contributed by atoms with Crippen LogP contribution >= 0.6 is 0 Å². The highest BCUT2D eigenvalue weighted by Gasteiger charge is 2.47. The van der Waals surface area contributed by atoms with E-state index in [9.17, 15) is 10.2 Å². The first-order chi connectivity index (χ1) is 18.8. The average molecular weight is 551 g/mol. The number of hydrogen-bond donors (Lipinski definition) is 2. The van der Waals surface area contributed by atoms with Crippen molar-refractivity contribution in [1.29, 1.82) is 0 Å². The molecule has 0 aromatic heterocycles. The molecule has 2 aliphatic rings. The van der Waals surface area contributed by atoms with Gasteiger partial charge in [-0.3, -0.25) is 0 Å². The van der Waals surface area contributed by atoms with Gasteiger partial charge in [0, 0.05) is 6.61 Å². The smallest absolute Gasteiger partial charge is 0.186 e. The lowest BCUT2D eigenvalue weighted by molar-refractivity contribution is -0.317. The molecule has 10 heteroatoms. The Morgan fingerprint density at radius 1 is 0.605 bits per heavy atom. The zero-order valence-corrected chi connectivity index (χ0v) is 23.6. The molecule has 0 bridgehead atoms. The maximum Gasteiger partial charge on any atom is 0.186 e. The Bertz CT molecular complexity index is 526. The first-order valence-corrected chi connectivity index (χ1v) is 14.9. The van der Waals surface area contributed by atoms with Crippen LogP contribution in [0.4, 0.5) is 0 Å². The normalized spacial score (nSPS) is 29.3. The van der Waals surface area contributed by atoms with Crippen molar-refractivity contribution in [3.8, 4) is 0 Å². The predicted molar refractivity (Wildman–Crippen MR) is 142 cm³/mol. The largest absolute Gasteiger partial charge is 0.394 e. The molecule has 226 valence electrons. The number of ether oxygens (including phenoxy) is 8. The quantitative estimate of drug-likeness (QED) is 0.332. The van der Waals surface area contributed by atoms with Crippen LogP contribution in [-0.2, 0) is 37.9 Å². The summed E-state index contributed by atoms with van der Waals surface area (Å²) in [6, 6.07) is 0. The lowest BCUT2D eigenvalue weighted by Gasteiger charge is -2.43. The van der Waals surface area contributed by atoms with Crippen molar-refractivity contribution in [1.82, 2.24) is 0 Å². The third-order valence-electron chi connectivity index (χ3n) is 6.77. The van der Waals surface area contributed by atoms with Crippen LogP contribution in [-0.4, -0.2) is 120 Å². The molecule has 10 nitrogen and oxygen atoms in total. The minimum atomic E-state index is -1.06. The molecule has 2 N–H and O–H groups in total. The monoisotopic (exact) mass is 550 g/mol. The van der Waals surface area contributed by atoms with E-state index in [1.165, 1.54) is 51.4 Å². The Kier molecular flexibility index (Phi) is 20.7. The van der Waals surface area contributed by atoms with Gasteiger partial charge in [0.1, 0.15) is 24.4 Å². The summed E-state index contributed by atoms with van der Waals surface area (Å²) in [4.78, 5) is 0. The molecule has 2 heterocycles. The van der Waals surface area contributed by atoms with Gasteiger partial charge in [-0.05, 0) is 6.42 Å². The molecule has 2 rings (SSSR count). The van der Waals surface area contributed by atoms with E-state index in [1.807, 2.05) is 0 Å². The highest BCUT2D eigenvalue weighted by atomic mass is 16.7. The molecule has 0 radical (unpaired) electrons. The highest BCUT2D eigenvalue weighted by Crippen LogP contribution is 2.27. The number of aliphatic hydroxyl groups is 2. The van der Waals surface area contributed by atoms with Gasteiger partial charge in [0.25, 0.3) is 0 Å². The fourth-order valence-electron chi connectivity index (χ4n) is 4.58. The minimum absolute atomic E-state index is 0.254. The zero-order chi connectivity index (χ0) is 27.1. The second kappa shape index (κ2) is 23.3. The highest BCUT2D eigenvalue weighted by molar-refractivity contribution is 4.91. The average Bonchev–Trinajstić information content (AvgIpc) is 2.92. The van der Waals surface area contributed by atoms with E-state index in [1.54, 1.807) is 0 Å². The van der Waals surface area contributed by atoms with E-state index < -0.39 is 30.7 Å². The summed E-state index contributed by atoms with van der Waals surface area (Å²) >= 11 is 0. The summed E-state index contributed by atoms with van der Waals surface area (Å²) in [5.41, 5.74) is 0. The summed E-state index contributed by atoms with van der Waals surface area (Å²) in [6.45, 7) is 6.48. The molecule has 0 aromatic rings. The Morgan fingerprint density at radius 3 is 1.55 bits per heavy atom. The summed E-state index contributed by atoms with van der Waals surface area (Å²) in [5.74, 6) is 0. The van der Waals surface area contributed by atoms with Crippen LogP contribution in [0.1, 0.15) is 71.1 Å². The topological polar surface area (TPSA) is 114 Å². The van der Waals surface area contributed by atoms with E-state index in [-0.39, 0.29) is 19.8 Å². The second-order valence-electron chi connectivity index (χ2n) is 9.89. The molecule has 0 amide bonds. The fourth-order valence-corrected chi connectivity index (χ4v) is 4.58. The molecule has 0 aromatic carbocycles. The van der Waals surface area contributed by atoms with Crippen molar-refractivity contribution >= 4 is 0 Å². The van der Waals surface area contributed by atoms with Crippen LogP contribution in [0, 0.1) is 0 Å². The van der Waals surface area contributed by atoms with Crippen molar-refractivity contribution in [2.45, 2.75) is 102 Å². The number of unbranched alkanes of at least 4 members (excludes halogenated alkanes) is 9. The standard InChI is InChI=1S/C28H54O10/c1-2-3-4-5-6-7-8-9-10-11-12-37-28-27-26(25(30)24(23-29)38-28)35-21-19-33-17-15-31-13-14-32-16-18-34-20-22-36-27/h24-30H,2-23H2,1H3/t24-,25-,26+,27-,28-/m1/s1. The van der Waals surface area contributed by atoms with Gasteiger partial charge in [0.05, 0.1) is 72.7 Å². The summed E-state index contributed by atoms with van der Waals surface area (Å²) in [6.07, 6.45) is 8.36. The number of fused-ring (bicyclic) bond motifs is 1. The van der Waals surface area contributed by atoms with Gasteiger partial charge in [-0.25, -0.2) is 0 Å². The van der Waals surface area contributed by atoms with Crippen molar-refractivity contribution in [3.05, 3.63) is 0 Å². The van der Waals surface area contributed by atoms with Crippen LogP contribution in [0.2, 0.25) is 0 Å². The second-order valence-corrected chi connectivity index (χ2v) is 9.89. The van der Waals surface area contributed by atoms with E-state index in [4.69, 9.17) is 37.9 Å². The Balaban J connectivity index is 1.81. The Labute approximate surface area is 229 Å². The first kappa shape index (κ1) is 33.8. The van der Waals surface area contributed by atoms with Gasteiger partial charge >= 0.3 is 0 Å². The van der Waals surface area contributed by atoms with Crippen LogP contribution in [0.25, 0.3) is 0 Å². The van der Waals surface area contributed by atoms with E-state index >= 15 is 0 Å². The van der Waals surface area contributed by atoms with Crippen LogP contribution in [0.5, 0.6) is 0 Å². The van der Waals surface area contributed by atoms with Gasteiger partial charge in [-0.1, -0.05) is 64.7 Å². The molecule has 38 heavy (non-hydrogen) atoms. The molecule has 2 fully saturated rings. The SMILES string of the molecule is CCCCCCCCCCCCO[C@@H]1O[C@H](CO)[C@@H](O)[C@@H]2OCCOCCOCCOCCOCCO[C@@H]12.